The van der Waals surface area contributed by atoms with Crippen molar-refractivity contribution in [3.63, 3.8) is 0 Å². The van der Waals surface area contributed by atoms with Crippen LogP contribution in [0.1, 0.15) is 16.7 Å². The van der Waals surface area contributed by atoms with Crippen molar-refractivity contribution >= 4 is 56.0 Å². The Morgan fingerprint density at radius 2 is 1.77 bits per heavy atom. The number of carbonyl (C=O) groups excluding carboxylic acids is 1. The van der Waals surface area contributed by atoms with E-state index in [1.807, 2.05) is 49.4 Å². The molecule has 0 N–H and O–H groups in total. The molecule has 4 rings (SSSR count). The lowest BCUT2D eigenvalue weighted by Gasteiger charge is -2.20. The van der Waals surface area contributed by atoms with Crippen LogP contribution >= 0.6 is 34.7 Å². The van der Waals surface area contributed by atoms with Gasteiger partial charge in [-0.25, -0.2) is 4.98 Å². The van der Waals surface area contributed by atoms with Gasteiger partial charge in [-0.2, -0.15) is 0 Å². The monoisotopic (exact) mass is 452 g/mol. The lowest BCUT2D eigenvalue weighted by molar-refractivity contribution is -0.116. The van der Waals surface area contributed by atoms with Crippen molar-refractivity contribution in [1.29, 1.82) is 0 Å². The van der Waals surface area contributed by atoms with Gasteiger partial charge in [-0.05, 0) is 43.2 Å². The van der Waals surface area contributed by atoms with Gasteiger partial charge in [-0.1, -0.05) is 77.0 Å². The Labute approximate surface area is 189 Å². The van der Waals surface area contributed by atoms with Crippen LogP contribution in [0.5, 0.6) is 0 Å². The van der Waals surface area contributed by atoms with Crippen molar-refractivity contribution in [2.45, 2.75) is 25.3 Å². The summed E-state index contributed by atoms with van der Waals surface area (Å²) < 4.78 is 0.920. The van der Waals surface area contributed by atoms with Gasteiger partial charge in [-0.15, -0.1) is 11.8 Å². The molecule has 30 heavy (non-hydrogen) atoms. The maximum atomic E-state index is 13.3. The standard InChI is InChI=1S/C24H21ClN2OS2/c1-16-8-11-19(12-9-16)29-15-21(28)27(14-18-6-4-3-5-7-18)24-26-22-17(2)10-13-20(25)23(22)30-24/h3-13H,14-15H2,1-2H3. The van der Waals surface area contributed by atoms with Crippen molar-refractivity contribution in [2.75, 3.05) is 10.7 Å². The molecule has 0 saturated carbocycles. The number of halogens is 1. The molecule has 0 aliphatic heterocycles. The molecule has 0 atom stereocenters. The lowest BCUT2D eigenvalue weighted by atomic mass is 10.2. The molecule has 0 fully saturated rings. The fourth-order valence-corrected chi connectivity index (χ4v) is 5.20. The number of thioether (sulfide) groups is 1. The maximum Gasteiger partial charge on any atom is 0.239 e. The third kappa shape index (κ3) is 4.69. The Bertz CT molecular complexity index is 1130. The summed E-state index contributed by atoms with van der Waals surface area (Å²) in [6.07, 6.45) is 0. The van der Waals surface area contributed by atoms with Crippen LogP contribution in [0.4, 0.5) is 5.13 Å². The molecular weight excluding hydrogens is 432 g/mol. The van der Waals surface area contributed by atoms with E-state index in [0.29, 0.717) is 22.5 Å². The first-order valence-electron chi connectivity index (χ1n) is 9.60. The summed E-state index contributed by atoms with van der Waals surface area (Å²) in [6, 6.07) is 22.1. The van der Waals surface area contributed by atoms with E-state index in [2.05, 4.69) is 31.2 Å². The van der Waals surface area contributed by atoms with Gasteiger partial charge in [0.15, 0.2) is 5.13 Å². The predicted molar refractivity (Wildman–Crippen MR) is 129 cm³/mol. The second-order valence-corrected chi connectivity index (χ2v) is 9.54. The highest BCUT2D eigenvalue weighted by Crippen LogP contribution is 2.36. The van der Waals surface area contributed by atoms with E-state index in [1.54, 1.807) is 16.7 Å². The number of aryl methyl sites for hydroxylation is 2. The van der Waals surface area contributed by atoms with E-state index in [9.17, 15) is 4.79 Å². The zero-order chi connectivity index (χ0) is 21.1. The number of hydrogen-bond acceptors (Lipinski definition) is 4. The molecule has 1 aromatic heterocycles. The number of hydrogen-bond donors (Lipinski definition) is 0. The van der Waals surface area contributed by atoms with E-state index in [4.69, 9.17) is 16.6 Å². The van der Waals surface area contributed by atoms with Crippen LogP contribution in [0, 0.1) is 13.8 Å². The number of amides is 1. The third-order valence-corrected chi connectivity index (χ3v) is 7.32. The molecule has 0 bridgehead atoms. The second-order valence-electron chi connectivity index (χ2n) is 7.11. The largest absolute Gasteiger partial charge is 0.283 e. The molecule has 4 aromatic rings. The minimum atomic E-state index is 0.0252. The summed E-state index contributed by atoms with van der Waals surface area (Å²) in [5.41, 5.74) is 4.18. The number of carbonyl (C=O) groups is 1. The molecular formula is C24H21ClN2OS2. The minimum Gasteiger partial charge on any atom is -0.283 e. The molecule has 6 heteroatoms. The number of benzene rings is 3. The molecule has 0 saturated heterocycles. The lowest BCUT2D eigenvalue weighted by Crippen LogP contribution is -2.31. The van der Waals surface area contributed by atoms with Crippen molar-refractivity contribution in [2.24, 2.45) is 0 Å². The number of aromatic nitrogens is 1. The van der Waals surface area contributed by atoms with Gasteiger partial charge in [0.25, 0.3) is 0 Å². The molecule has 1 heterocycles. The Hall–Kier alpha value is -2.34. The Balaban J connectivity index is 1.64. The van der Waals surface area contributed by atoms with Crippen LogP contribution in [0.25, 0.3) is 10.2 Å². The van der Waals surface area contributed by atoms with E-state index in [1.165, 1.54) is 16.9 Å². The van der Waals surface area contributed by atoms with Crippen molar-refractivity contribution in [3.05, 3.63) is 88.4 Å². The summed E-state index contributed by atoms with van der Waals surface area (Å²) in [5.74, 6) is 0.371. The molecule has 1 amide bonds. The van der Waals surface area contributed by atoms with Crippen LogP contribution < -0.4 is 4.90 Å². The molecule has 0 spiro atoms. The van der Waals surface area contributed by atoms with Gasteiger partial charge in [0.2, 0.25) is 5.91 Å². The fraction of sp³-hybridized carbons (Fsp3) is 0.167. The molecule has 0 aliphatic carbocycles. The number of fused-ring (bicyclic) bond motifs is 1. The highest BCUT2D eigenvalue weighted by molar-refractivity contribution is 8.00. The SMILES string of the molecule is Cc1ccc(SCC(=O)N(Cc2ccccc2)c2nc3c(C)ccc(Cl)c3s2)cc1. The van der Waals surface area contributed by atoms with Crippen LogP contribution in [0.2, 0.25) is 5.02 Å². The summed E-state index contributed by atoms with van der Waals surface area (Å²) in [7, 11) is 0. The molecule has 3 nitrogen and oxygen atoms in total. The first-order chi connectivity index (χ1) is 14.5. The quantitative estimate of drug-likeness (QED) is 0.298. The first-order valence-corrected chi connectivity index (χ1v) is 11.8. The zero-order valence-electron chi connectivity index (χ0n) is 16.8. The van der Waals surface area contributed by atoms with Crippen LogP contribution in [0.3, 0.4) is 0 Å². The fourth-order valence-electron chi connectivity index (χ4n) is 3.09. The molecule has 0 aliphatic rings. The summed E-state index contributed by atoms with van der Waals surface area (Å²) >= 11 is 9.42. The Morgan fingerprint density at radius 1 is 1.03 bits per heavy atom. The van der Waals surface area contributed by atoms with Crippen molar-refractivity contribution < 1.29 is 4.79 Å². The van der Waals surface area contributed by atoms with E-state index >= 15 is 0 Å². The smallest absolute Gasteiger partial charge is 0.239 e. The average Bonchev–Trinajstić information content (AvgIpc) is 3.21. The highest BCUT2D eigenvalue weighted by Gasteiger charge is 2.21. The third-order valence-electron chi connectivity index (χ3n) is 4.78. The Morgan fingerprint density at radius 3 is 2.47 bits per heavy atom. The van der Waals surface area contributed by atoms with E-state index in [0.717, 1.165) is 26.2 Å². The number of thiazole rings is 1. The summed E-state index contributed by atoms with van der Waals surface area (Å²) in [6.45, 7) is 4.55. The van der Waals surface area contributed by atoms with Gasteiger partial charge in [0, 0.05) is 4.90 Å². The number of anilines is 1. The summed E-state index contributed by atoms with van der Waals surface area (Å²) in [5, 5.41) is 1.35. The topological polar surface area (TPSA) is 33.2 Å². The average molecular weight is 453 g/mol. The van der Waals surface area contributed by atoms with Crippen LogP contribution in [-0.2, 0) is 11.3 Å². The van der Waals surface area contributed by atoms with E-state index in [-0.39, 0.29) is 5.91 Å². The van der Waals surface area contributed by atoms with Crippen molar-refractivity contribution in [1.82, 2.24) is 4.98 Å². The normalized spacial score (nSPS) is 11.0. The molecule has 152 valence electrons. The number of nitrogens with zero attached hydrogens (tertiary/aromatic N) is 2. The zero-order valence-corrected chi connectivity index (χ0v) is 19.2. The van der Waals surface area contributed by atoms with Gasteiger partial charge in [-0.3, -0.25) is 9.69 Å². The van der Waals surface area contributed by atoms with E-state index < -0.39 is 0 Å². The molecule has 3 aromatic carbocycles. The number of rotatable bonds is 6. The highest BCUT2D eigenvalue weighted by atomic mass is 35.5. The minimum absolute atomic E-state index is 0.0252. The van der Waals surface area contributed by atoms with Gasteiger partial charge in [0.1, 0.15) is 0 Å². The Kier molecular flexibility index (Phi) is 6.42. The maximum absolute atomic E-state index is 13.3. The van der Waals surface area contributed by atoms with Crippen LogP contribution in [-0.4, -0.2) is 16.6 Å². The van der Waals surface area contributed by atoms with Crippen molar-refractivity contribution in [3.8, 4) is 0 Å². The molecule has 0 unspecified atom stereocenters. The predicted octanol–water partition coefficient (Wildman–Crippen LogP) is 6.89. The molecule has 0 radical (unpaired) electrons. The van der Waals surface area contributed by atoms with Gasteiger partial charge >= 0.3 is 0 Å². The summed E-state index contributed by atoms with van der Waals surface area (Å²) in [4.78, 5) is 20.9. The van der Waals surface area contributed by atoms with Gasteiger partial charge < -0.3 is 0 Å². The van der Waals surface area contributed by atoms with Gasteiger partial charge in [0.05, 0.1) is 27.5 Å². The second kappa shape index (κ2) is 9.21. The first kappa shape index (κ1) is 20.9. The van der Waals surface area contributed by atoms with Crippen LogP contribution in [0.15, 0.2) is 71.6 Å².